The molecule has 1 aromatic heterocycles. The van der Waals surface area contributed by atoms with E-state index in [0.29, 0.717) is 30.4 Å². The van der Waals surface area contributed by atoms with Crippen LogP contribution in [0.5, 0.6) is 0 Å². The first-order valence-electron chi connectivity index (χ1n) is 10.4. The van der Waals surface area contributed by atoms with Gasteiger partial charge in [-0.05, 0) is 48.5 Å². The molecule has 1 saturated heterocycles. The smallest absolute Gasteiger partial charge is 0.319 e. The summed E-state index contributed by atoms with van der Waals surface area (Å²) in [6.45, 7) is 0.634. The van der Waals surface area contributed by atoms with Gasteiger partial charge in [-0.2, -0.15) is 4.98 Å². The lowest BCUT2D eigenvalue weighted by atomic mass is 10.1. The van der Waals surface area contributed by atoms with Crippen molar-refractivity contribution in [3.05, 3.63) is 78.4 Å². The number of benzene rings is 3. The Morgan fingerprint density at radius 2 is 1.94 bits per heavy atom. The molecule has 1 aliphatic heterocycles. The maximum absolute atomic E-state index is 13.3. The van der Waals surface area contributed by atoms with Crippen LogP contribution in [0.1, 0.15) is 18.4 Å². The first-order valence-corrected chi connectivity index (χ1v) is 10.4. The van der Waals surface area contributed by atoms with Crippen molar-refractivity contribution in [3.63, 3.8) is 0 Å². The van der Waals surface area contributed by atoms with Gasteiger partial charge in [-0.3, -0.25) is 4.90 Å². The van der Waals surface area contributed by atoms with Crippen LogP contribution in [0, 0.1) is 5.82 Å². The highest BCUT2D eigenvalue weighted by Gasteiger charge is 2.35. The average molecular weight is 431 g/mol. The molecule has 2 unspecified atom stereocenters. The zero-order valence-electron chi connectivity index (χ0n) is 17.5. The number of urea groups is 1. The zero-order valence-corrected chi connectivity index (χ0v) is 17.5. The summed E-state index contributed by atoms with van der Waals surface area (Å²) in [5.41, 5.74) is 1.30. The molecule has 2 heterocycles. The fourth-order valence-electron chi connectivity index (χ4n) is 4.13. The molecule has 0 bridgehead atoms. The van der Waals surface area contributed by atoms with Crippen molar-refractivity contribution >= 4 is 22.5 Å². The van der Waals surface area contributed by atoms with Crippen molar-refractivity contribution in [2.75, 3.05) is 18.9 Å². The number of amides is 2. The minimum absolute atomic E-state index is 0.101. The fraction of sp³-hybridized carbons (Fsp3) is 0.208. The minimum Gasteiger partial charge on any atom is -0.337 e. The van der Waals surface area contributed by atoms with Gasteiger partial charge in [0, 0.05) is 23.8 Å². The van der Waals surface area contributed by atoms with Gasteiger partial charge in [-0.25, -0.2) is 9.18 Å². The third-order valence-corrected chi connectivity index (χ3v) is 5.70. The molecule has 0 spiro atoms. The summed E-state index contributed by atoms with van der Waals surface area (Å²) in [5.74, 6) is 0.659. The number of nitrogens with zero attached hydrogens (tertiary/aromatic N) is 3. The van der Waals surface area contributed by atoms with Crippen molar-refractivity contribution < 1.29 is 13.7 Å². The molecule has 4 aromatic rings. The Bertz CT molecular complexity index is 1270. The second-order valence-corrected chi connectivity index (χ2v) is 8.01. The van der Waals surface area contributed by atoms with Crippen molar-refractivity contribution in [1.29, 1.82) is 0 Å². The van der Waals surface area contributed by atoms with Crippen LogP contribution in [0.3, 0.4) is 0 Å². The van der Waals surface area contributed by atoms with Crippen molar-refractivity contribution in [3.8, 4) is 11.4 Å². The van der Waals surface area contributed by atoms with Crippen LogP contribution < -0.4 is 10.6 Å². The maximum Gasteiger partial charge on any atom is 0.319 e. The van der Waals surface area contributed by atoms with Crippen LogP contribution >= 0.6 is 0 Å². The number of carbonyl (C=O) groups is 1. The second-order valence-electron chi connectivity index (χ2n) is 8.01. The number of likely N-dealkylation sites (N-methyl/N-ethyl adjacent to an activating group) is 1. The van der Waals surface area contributed by atoms with E-state index in [1.165, 1.54) is 12.1 Å². The van der Waals surface area contributed by atoms with E-state index in [-0.39, 0.29) is 18.1 Å². The predicted octanol–water partition coefficient (Wildman–Crippen LogP) is 4.60. The molecule has 32 heavy (non-hydrogen) atoms. The highest BCUT2D eigenvalue weighted by molar-refractivity contribution is 5.89. The maximum atomic E-state index is 13.3. The summed E-state index contributed by atoms with van der Waals surface area (Å²) in [4.78, 5) is 19.0. The van der Waals surface area contributed by atoms with Crippen molar-refractivity contribution in [2.45, 2.75) is 18.5 Å². The second kappa shape index (κ2) is 8.39. The molecule has 8 heteroatoms. The molecule has 0 radical (unpaired) electrons. The molecule has 1 fully saturated rings. The van der Waals surface area contributed by atoms with Gasteiger partial charge >= 0.3 is 6.03 Å². The predicted molar refractivity (Wildman–Crippen MR) is 120 cm³/mol. The Balaban J connectivity index is 1.25. The number of nitrogens with one attached hydrogen (secondary N) is 2. The van der Waals surface area contributed by atoms with Gasteiger partial charge in [0.15, 0.2) is 0 Å². The Labute approximate surface area is 184 Å². The van der Waals surface area contributed by atoms with E-state index < -0.39 is 5.82 Å². The van der Waals surface area contributed by atoms with Gasteiger partial charge in [0.1, 0.15) is 5.82 Å². The number of fused-ring (bicyclic) bond motifs is 1. The monoisotopic (exact) mass is 431 g/mol. The Kier molecular flexibility index (Phi) is 5.28. The molecule has 3 aromatic carbocycles. The average Bonchev–Trinajstić information content (AvgIpc) is 3.40. The third-order valence-electron chi connectivity index (χ3n) is 5.70. The molecular formula is C24H22FN5O2. The van der Waals surface area contributed by atoms with Crippen LogP contribution in [-0.2, 0) is 0 Å². The van der Waals surface area contributed by atoms with E-state index in [2.05, 4.69) is 37.8 Å². The first-order chi connectivity index (χ1) is 15.5. The summed E-state index contributed by atoms with van der Waals surface area (Å²) in [6, 6.07) is 19.4. The summed E-state index contributed by atoms with van der Waals surface area (Å²) in [6.07, 6.45) is 0.631. The Hall–Kier alpha value is -3.78. The lowest BCUT2D eigenvalue weighted by Gasteiger charge is -2.14. The quantitative estimate of drug-likeness (QED) is 0.494. The molecule has 7 nitrogen and oxygen atoms in total. The van der Waals surface area contributed by atoms with E-state index in [0.717, 1.165) is 16.3 Å². The van der Waals surface area contributed by atoms with Gasteiger partial charge in [0.25, 0.3) is 0 Å². The van der Waals surface area contributed by atoms with E-state index in [9.17, 15) is 9.18 Å². The molecule has 1 aliphatic rings. The highest BCUT2D eigenvalue weighted by atomic mass is 19.1. The van der Waals surface area contributed by atoms with Crippen LogP contribution in [0.4, 0.5) is 14.9 Å². The number of anilines is 1. The number of carbonyl (C=O) groups excluding carboxylic acids is 1. The van der Waals surface area contributed by atoms with Crippen molar-refractivity contribution in [2.24, 2.45) is 0 Å². The standard InChI is InChI=1S/C24H22FN5O2/c1-30-14-20(27-24(31)26-19-8-4-7-18(25)12-19)13-21(30)23-28-22(29-32-23)17-10-9-15-5-2-3-6-16(15)11-17/h2-12,20-21H,13-14H2,1H3,(H2,26,27,31). The molecule has 2 atom stereocenters. The van der Waals surface area contributed by atoms with Crippen LogP contribution in [0.25, 0.3) is 22.2 Å². The third kappa shape index (κ3) is 4.17. The molecule has 2 amide bonds. The van der Waals surface area contributed by atoms with E-state index in [1.54, 1.807) is 12.1 Å². The number of aromatic nitrogens is 2. The molecule has 0 saturated carbocycles. The van der Waals surface area contributed by atoms with Crippen LogP contribution in [0.15, 0.2) is 71.3 Å². The number of halogens is 1. The summed E-state index contributed by atoms with van der Waals surface area (Å²) >= 11 is 0. The summed E-state index contributed by atoms with van der Waals surface area (Å²) in [7, 11) is 1.96. The number of rotatable bonds is 4. The van der Waals surface area contributed by atoms with Gasteiger partial charge < -0.3 is 15.2 Å². The Morgan fingerprint density at radius 3 is 2.78 bits per heavy atom. The number of hydrogen-bond acceptors (Lipinski definition) is 5. The van der Waals surface area contributed by atoms with Gasteiger partial charge in [-0.15, -0.1) is 0 Å². The highest BCUT2D eigenvalue weighted by Crippen LogP contribution is 2.31. The van der Waals surface area contributed by atoms with E-state index in [1.807, 2.05) is 37.4 Å². The fourth-order valence-corrected chi connectivity index (χ4v) is 4.13. The zero-order chi connectivity index (χ0) is 22.1. The molecule has 162 valence electrons. The number of hydrogen-bond donors (Lipinski definition) is 2. The number of likely N-dealkylation sites (tertiary alicyclic amines) is 1. The first kappa shape index (κ1) is 20.1. The van der Waals surface area contributed by atoms with E-state index >= 15 is 0 Å². The lowest BCUT2D eigenvalue weighted by Crippen LogP contribution is -2.39. The molecule has 5 rings (SSSR count). The molecule has 2 N–H and O–H groups in total. The van der Waals surface area contributed by atoms with Crippen LogP contribution in [0.2, 0.25) is 0 Å². The summed E-state index contributed by atoms with van der Waals surface area (Å²) < 4.78 is 18.9. The molecular weight excluding hydrogens is 409 g/mol. The normalized spacial score (nSPS) is 18.7. The molecule has 0 aliphatic carbocycles. The topological polar surface area (TPSA) is 83.3 Å². The largest absolute Gasteiger partial charge is 0.337 e. The van der Waals surface area contributed by atoms with Gasteiger partial charge in [0.05, 0.1) is 6.04 Å². The van der Waals surface area contributed by atoms with Gasteiger partial charge in [-0.1, -0.05) is 47.6 Å². The minimum atomic E-state index is -0.401. The lowest BCUT2D eigenvalue weighted by molar-refractivity contribution is 0.243. The van der Waals surface area contributed by atoms with Gasteiger partial charge in [0.2, 0.25) is 11.7 Å². The van der Waals surface area contributed by atoms with Crippen LogP contribution in [-0.4, -0.2) is 40.7 Å². The summed E-state index contributed by atoms with van der Waals surface area (Å²) in [5, 5.41) is 12.0. The van der Waals surface area contributed by atoms with Crippen molar-refractivity contribution in [1.82, 2.24) is 20.4 Å². The SMILES string of the molecule is CN1CC(NC(=O)Nc2cccc(F)c2)CC1c1nc(-c2ccc3ccccc3c2)no1. The van der Waals surface area contributed by atoms with E-state index in [4.69, 9.17) is 4.52 Å². The Morgan fingerprint density at radius 1 is 1.09 bits per heavy atom.